The van der Waals surface area contributed by atoms with Crippen LogP contribution in [0.1, 0.15) is 5.56 Å². The maximum absolute atomic E-state index is 11.7. The molecule has 1 aliphatic heterocycles. The lowest BCUT2D eigenvalue weighted by atomic mass is 10.2. The van der Waals surface area contributed by atoms with E-state index in [4.69, 9.17) is 21.1 Å². The largest absolute Gasteiger partial charge is 0.437 e. The van der Waals surface area contributed by atoms with Crippen LogP contribution in [0.3, 0.4) is 0 Å². The summed E-state index contributed by atoms with van der Waals surface area (Å²) in [4.78, 5) is 18.2. The van der Waals surface area contributed by atoms with Gasteiger partial charge in [0.1, 0.15) is 11.9 Å². The zero-order valence-electron chi connectivity index (χ0n) is 13.9. The number of nitrogens with one attached hydrogen (secondary N) is 1. The predicted molar refractivity (Wildman–Crippen MR) is 94.8 cm³/mol. The third kappa shape index (κ3) is 4.69. The Kier molecular flexibility index (Phi) is 5.86. The van der Waals surface area contributed by atoms with Crippen molar-refractivity contribution in [3.63, 3.8) is 0 Å². The molecule has 0 unspecified atom stereocenters. The number of rotatable bonds is 5. The molecule has 0 bridgehead atoms. The van der Waals surface area contributed by atoms with Crippen LogP contribution in [0.25, 0.3) is 0 Å². The molecular weight excluding hydrogens is 342 g/mol. The fourth-order valence-corrected chi connectivity index (χ4v) is 2.80. The lowest BCUT2D eigenvalue weighted by molar-refractivity contribution is -0.138. The van der Waals surface area contributed by atoms with Crippen LogP contribution in [0.2, 0.25) is 5.02 Å². The number of halogens is 1. The molecule has 1 aromatic heterocycles. The minimum absolute atomic E-state index is 0.0914. The van der Waals surface area contributed by atoms with Gasteiger partial charge in [0.25, 0.3) is 0 Å². The van der Waals surface area contributed by atoms with Crippen LogP contribution < -0.4 is 10.1 Å². The van der Waals surface area contributed by atoms with Gasteiger partial charge in [0.2, 0.25) is 11.8 Å². The molecule has 1 aliphatic rings. The van der Waals surface area contributed by atoms with Gasteiger partial charge in [0.15, 0.2) is 0 Å². The van der Waals surface area contributed by atoms with Crippen LogP contribution in [0.15, 0.2) is 42.6 Å². The van der Waals surface area contributed by atoms with E-state index >= 15 is 0 Å². The van der Waals surface area contributed by atoms with Gasteiger partial charge >= 0.3 is 0 Å². The summed E-state index contributed by atoms with van der Waals surface area (Å²) in [6, 6.07) is 11.0. The molecule has 0 radical (unpaired) electrons. The van der Waals surface area contributed by atoms with Crippen molar-refractivity contribution >= 4 is 17.5 Å². The molecule has 1 N–H and O–H groups in total. The van der Waals surface area contributed by atoms with Crippen LogP contribution in [-0.2, 0) is 16.1 Å². The fraction of sp³-hybridized carbons (Fsp3) is 0.333. The molecule has 0 spiro atoms. The van der Waals surface area contributed by atoms with Gasteiger partial charge in [-0.2, -0.15) is 0 Å². The molecule has 1 fully saturated rings. The van der Waals surface area contributed by atoms with Gasteiger partial charge < -0.3 is 14.8 Å². The summed E-state index contributed by atoms with van der Waals surface area (Å²) in [5.74, 6) is 0.972. The second-order valence-corrected chi connectivity index (χ2v) is 6.15. The van der Waals surface area contributed by atoms with Gasteiger partial charge in [0, 0.05) is 38.9 Å². The zero-order chi connectivity index (χ0) is 17.6. The average molecular weight is 362 g/mol. The maximum atomic E-state index is 11.7. The monoisotopic (exact) mass is 361 g/mol. The number of likely N-dealkylation sites (N-methyl/N-ethyl adjacent to an activating group) is 1. The molecule has 25 heavy (non-hydrogen) atoms. The van der Waals surface area contributed by atoms with Crippen molar-refractivity contribution in [3.05, 3.63) is 53.2 Å². The summed E-state index contributed by atoms with van der Waals surface area (Å²) in [5, 5.41) is 3.17. The van der Waals surface area contributed by atoms with Crippen LogP contribution in [0.4, 0.5) is 0 Å². The molecule has 7 heteroatoms. The van der Waals surface area contributed by atoms with Crippen LogP contribution in [0.5, 0.6) is 11.6 Å². The molecule has 1 atom stereocenters. The number of para-hydroxylation sites is 1. The summed E-state index contributed by atoms with van der Waals surface area (Å²) >= 11 is 6.08. The quantitative estimate of drug-likeness (QED) is 0.886. The molecule has 3 rings (SSSR count). The van der Waals surface area contributed by atoms with E-state index in [2.05, 4.69) is 15.2 Å². The van der Waals surface area contributed by atoms with Crippen molar-refractivity contribution in [2.75, 3.05) is 26.7 Å². The number of hydrogen-bond acceptors (Lipinski definition) is 5. The van der Waals surface area contributed by atoms with Gasteiger partial charge in [-0.05, 0) is 17.7 Å². The van der Waals surface area contributed by atoms with E-state index in [1.54, 1.807) is 25.4 Å². The Bertz CT molecular complexity index is 724. The first-order chi connectivity index (χ1) is 12.2. The Morgan fingerprint density at radius 3 is 2.96 bits per heavy atom. The van der Waals surface area contributed by atoms with Crippen molar-refractivity contribution in [2.24, 2.45) is 0 Å². The number of amides is 1. The molecule has 0 saturated carbocycles. The van der Waals surface area contributed by atoms with Crippen LogP contribution in [-0.4, -0.2) is 48.6 Å². The highest BCUT2D eigenvalue weighted by atomic mass is 35.5. The fourth-order valence-electron chi connectivity index (χ4n) is 2.63. The smallest absolute Gasteiger partial charge is 0.250 e. The van der Waals surface area contributed by atoms with Crippen molar-refractivity contribution in [2.45, 2.75) is 12.6 Å². The Hall–Kier alpha value is -2.15. The second-order valence-electron chi connectivity index (χ2n) is 5.75. The summed E-state index contributed by atoms with van der Waals surface area (Å²) in [5.41, 5.74) is 1.05. The topological polar surface area (TPSA) is 63.7 Å². The summed E-state index contributed by atoms with van der Waals surface area (Å²) in [7, 11) is 1.62. The Labute approximate surface area is 151 Å². The molecule has 0 aliphatic carbocycles. The molecule has 1 aromatic carbocycles. The molecule has 2 heterocycles. The SMILES string of the molecule is CNC(=O)[C@@H]1CN(Cc2ccc(Oc3ccccc3Cl)nc2)CCO1. The average Bonchev–Trinajstić information content (AvgIpc) is 2.65. The first-order valence-corrected chi connectivity index (χ1v) is 8.46. The van der Waals surface area contributed by atoms with Crippen molar-refractivity contribution in [1.29, 1.82) is 0 Å². The molecule has 1 amide bonds. The minimum Gasteiger partial charge on any atom is -0.437 e. The molecular formula is C18H20ClN3O3. The maximum Gasteiger partial charge on any atom is 0.250 e. The van der Waals surface area contributed by atoms with Gasteiger partial charge in [0.05, 0.1) is 11.6 Å². The Balaban J connectivity index is 1.59. The highest BCUT2D eigenvalue weighted by molar-refractivity contribution is 6.32. The van der Waals surface area contributed by atoms with E-state index in [9.17, 15) is 4.79 Å². The lowest BCUT2D eigenvalue weighted by Crippen LogP contribution is -2.48. The van der Waals surface area contributed by atoms with Crippen molar-refractivity contribution in [3.8, 4) is 11.6 Å². The first-order valence-electron chi connectivity index (χ1n) is 8.08. The second kappa shape index (κ2) is 8.29. The number of morpholine rings is 1. The summed E-state index contributed by atoms with van der Waals surface area (Å²) in [6.45, 7) is 2.60. The van der Waals surface area contributed by atoms with Gasteiger partial charge in [-0.1, -0.05) is 29.8 Å². The number of ether oxygens (including phenoxy) is 2. The molecule has 1 saturated heterocycles. The number of pyridine rings is 1. The van der Waals surface area contributed by atoms with Crippen LogP contribution >= 0.6 is 11.6 Å². The molecule has 6 nitrogen and oxygen atoms in total. The number of hydrogen-bond donors (Lipinski definition) is 1. The standard InChI is InChI=1S/C18H20ClN3O3/c1-20-18(23)16-12-22(8-9-24-16)11-13-6-7-17(21-10-13)25-15-5-3-2-4-14(15)19/h2-7,10,16H,8-9,11-12H2,1H3,(H,20,23)/t16-/m0/s1. The summed E-state index contributed by atoms with van der Waals surface area (Å²) in [6.07, 6.45) is 1.35. The van der Waals surface area contributed by atoms with E-state index in [1.165, 1.54) is 0 Å². The minimum atomic E-state index is -0.422. The van der Waals surface area contributed by atoms with Crippen molar-refractivity contribution < 1.29 is 14.3 Å². The van der Waals surface area contributed by atoms with Crippen molar-refractivity contribution in [1.82, 2.24) is 15.2 Å². The number of benzene rings is 1. The summed E-state index contributed by atoms with van der Waals surface area (Å²) < 4.78 is 11.2. The highest BCUT2D eigenvalue weighted by Gasteiger charge is 2.25. The zero-order valence-corrected chi connectivity index (χ0v) is 14.7. The predicted octanol–water partition coefficient (Wildman–Crippen LogP) is 2.47. The van der Waals surface area contributed by atoms with Gasteiger partial charge in [-0.15, -0.1) is 0 Å². The number of aromatic nitrogens is 1. The number of nitrogens with zero attached hydrogens (tertiary/aromatic N) is 2. The third-order valence-electron chi connectivity index (χ3n) is 3.94. The van der Waals surface area contributed by atoms with E-state index in [0.29, 0.717) is 36.3 Å². The van der Waals surface area contributed by atoms with E-state index in [-0.39, 0.29) is 5.91 Å². The third-order valence-corrected chi connectivity index (χ3v) is 4.26. The van der Waals surface area contributed by atoms with E-state index in [0.717, 1.165) is 12.1 Å². The van der Waals surface area contributed by atoms with Gasteiger partial charge in [-0.25, -0.2) is 4.98 Å². The Morgan fingerprint density at radius 1 is 1.40 bits per heavy atom. The Morgan fingerprint density at radius 2 is 2.24 bits per heavy atom. The number of carbonyl (C=O) groups excluding carboxylic acids is 1. The molecule has 132 valence electrons. The molecule has 2 aromatic rings. The normalized spacial score (nSPS) is 17.9. The van der Waals surface area contributed by atoms with Crippen LogP contribution in [0, 0.1) is 0 Å². The number of carbonyl (C=O) groups is 1. The first kappa shape index (κ1) is 17.7. The van der Waals surface area contributed by atoms with E-state index in [1.807, 2.05) is 24.3 Å². The van der Waals surface area contributed by atoms with E-state index < -0.39 is 6.10 Å². The van der Waals surface area contributed by atoms with Gasteiger partial charge in [-0.3, -0.25) is 9.69 Å². The lowest BCUT2D eigenvalue weighted by Gasteiger charge is -2.31. The highest BCUT2D eigenvalue weighted by Crippen LogP contribution is 2.27.